The summed E-state index contributed by atoms with van der Waals surface area (Å²) in [4.78, 5) is 4.61. The van der Waals surface area contributed by atoms with Gasteiger partial charge in [0, 0.05) is 49.0 Å². The van der Waals surface area contributed by atoms with Crippen molar-refractivity contribution in [1.82, 2.24) is 10.6 Å². The van der Waals surface area contributed by atoms with Gasteiger partial charge >= 0.3 is 0 Å². The van der Waals surface area contributed by atoms with Crippen LogP contribution in [0.2, 0.25) is 5.02 Å². The average Bonchev–Trinajstić information content (AvgIpc) is 2.64. The van der Waals surface area contributed by atoms with E-state index in [0.29, 0.717) is 12.5 Å². The third-order valence-electron chi connectivity index (χ3n) is 4.22. The highest BCUT2D eigenvalue weighted by Crippen LogP contribution is 2.21. The predicted octanol–water partition coefficient (Wildman–Crippen LogP) is 4.61. The Morgan fingerprint density at radius 1 is 1.33 bits per heavy atom. The summed E-state index contributed by atoms with van der Waals surface area (Å²) in [5.74, 6) is 1.46. The van der Waals surface area contributed by atoms with Crippen LogP contribution in [0.4, 0.5) is 0 Å². The third kappa shape index (κ3) is 10.3. The van der Waals surface area contributed by atoms with Gasteiger partial charge in [0.15, 0.2) is 5.96 Å². The van der Waals surface area contributed by atoms with Gasteiger partial charge in [-0.25, -0.2) is 4.99 Å². The summed E-state index contributed by atoms with van der Waals surface area (Å²) in [6.07, 6.45) is 3.19. The Morgan fingerprint density at radius 3 is 2.81 bits per heavy atom. The molecule has 1 aromatic rings. The van der Waals surface area contributed by atoms with E-state index in [4.69, 9.17) is 21.1 Å². The van der Waals surface area contributed by atoms with Crippen molar-refractivity contribution < 1.29 is 9.47 Å². The average molecular weight is 575 g/mol. The number of ether oxygens (including phenoxy) is 2. The topological polar surface area (TPSA) is 54.9 Å². The fourth-order valence-electron chi connectivity index (χ4n) is 2.70. The number of hydrogen-bond acceptors (Lipinski definition) is 3. The molecule has 5 nitrogen and oxygen atoms in total. The molecule has 0 atom stereocenters. The zero-order valence-electron chi connectivity index (χ0n) is 15.8. The molecule has 0 bridgehead atoms. The molecule has 0 spiro atoms. The summed E-state index contributed by atoms with van der Waals surface area (Å²) in [6.45, 7) is 7.61. The molecule has 1 saturated heterocycles. The van der Waals surface area contributed by atoms with E-state index in [-0.39, 0.29) is 24.0 Å². The fraction of sp³-hybridized carbons (Fsp3) is 0.632. The lowest BCUT2D eigenvalue weighted by molar-refractivity contribution is 0.0203. The molecule has 0 aromatic heterocycles. The summed E-state index contributed by atoms with van der Waals surface area (Å²) in [5, 5.41) is 7.33. The molecule has 1 aliphatic heterocycles. The van der Waals surface area contributed by atoms with Gasteiger partial charge in [-0.2, -0.15) is 0 Å². The van der Waals surface area contributed by atoms with Crippen molar-refractivity contribution in [2.75, 3.05) is 39.5 Å². The van der Waals surface area contributed by atoms with Gasteiger partial charge in [0.25, 0.3) is 0 Å². The van der Waals surface area contributed by atoms with Crippen LogP contribution >= 0.6 is 51.5 Å². The van der Waals surface area contributed by atoms with Gasteiger partial charge in [-0.05, 0) is 49.8 Å². The normalized spacial score (nSPS) is 15.3. The molecule has 8 heteroatoms. The highest BCUT2D eigenvalue weighted by molar-refractivity contribution is 14.0. The van der Waals surface area contributed by atoms with Crippen molar-refractivity contribution >= 4 is 57.5 Å². The van der Waals surface area contributed by atoms with E-state index in [1.807, 2.05) is 18.2 Å². The molecular weight excluding hydrogens is 544 g/mol. The maximum Gasteiger partial charge on any atom is 0.191 e. The van der Waals surface area contributed by atoms with Crippen LogP contribution < -0.4 is 10.6 Å². The molecule has 0 amide bonds. The van der Waals surface area contributed by atoms with E-state index in [2.05, 4.69) is 38.5 Å². The number of guanidine groups is 1. The van der Waals surface area contributed by atoms with Gasteiger partial charge in [0.2, 0.25) is 0 Å². The quantitative estimate of drug-likeness (QED) is 0.196. The minimum absolute atomic E-state index is 0. The monoisotopic (exact) mass is 573 g/mol. The molecule has 0 saturated carbocycles. The molecule has 2 N–H and O–H groups in total. The second-order valence-electron chi connectivity index (χ2n) is 6.34. The first kappa shape index (κ1) is 24.9. The van der Waals surface area contributed by atoms with Gasteiger partial charge in [-0.15, -0.1) is 24.0 Å². The molecule has 0 unspecified atom stereocenters. The van der Waals surface area contributed by atoms with Crippen LogP contribution in [0.3, 0.4) is 0 Å². The Hall–Kier alpha value is -0.0900. The number of nitrogens with one attached hydrogen (secondary N) is 2. The molecule has 1 aromatic carbocycles. The highest BCUT2D eigenvalue weighted by Gasteiger charge is 2.13. The number of benzene rings is 1. The summed E-state index contributed by atoms with van der Waals surface area (Å²) in [7, 11) is 0. The smallest absolute Gasteiger partial charge is 0.191 e. The standard InChI is InChI=1S/C19H29BrClN3O2.HI/c1-2-22-19(24-13-16-4-5-17(20)12-18(16)21)23-8-3-9-26-14-15-6-10-25-11-7-15;/h4-5,12,15H,2-3,6-11,13-14H2,1H3,(H2,22,23,24);1H. The second-order valence-corrected chi connectivity index (χ2v) is 7.66. The SMILES string of the molecule is CCNC(=NCc1ccc(Br)cc1Cl)NCCCOCC1CCOCC1.I. The Kier molecular flexibility index (Phi) is 13.7. The zero-order valence-corrected chi connectivity index (χ0v) is 20.5. The van der Waals surface area contributed by atoms with Crippen LogP contribution in [0.5, 0.6) is 0 Å². The third-order valence-corrected chi connectivity index (χ3v) is 5.06. The number of nitrogens with zero attached hydrogens (tertiary/aromatic N) is 1. The van der Waals surface area contributed by atoms with Gasteiger partial charge in [-0.3, -0.25) is 0 Å². The van der Waals surface area contributed by atoms with Crippen LogP contribution in [-0.4, -0.2) is 45.5 Å². The lowest BCUT2D eigenvalue weighted by Gasteiger charge is -2.21. The van der Waals surface area contributed by atoms with E-state index in [1.165, 1.54) is 0 Å². The molecule has 154 valence electrons. The fourth-order valence-corrected chi connectivity index (χ4v) is 3.43. The Balaban J connectivity index is 0.00000364. The van der Waals surface area contributed by atoms with Crippen LogP contribution in [-0.2, 0) is 16.0 Å². The van der Waals surface area contributed by atoms with Gasteiger partial charge < -0.3 is 20.1 Å². The number of halogens is 3. The second kappa shape index (κ2) is 14.8. The molecule has 0 aliphatic carbocycles. The van der Waals surface area contributed by atoms with Crippen LogP contribution in [0.25, 0.3) is 0 Å². The Morgan fingerprint density at radius 2 is 2.11 bits per heavy atom. The summed E-state index contributed by atoms with van der Waals surface area (Å²) >= 11 is 9.67. The molecule has 1 aliphatic rings. The molecule has 1 fully saturated rings. The van der Waals surface area contributed by atoms with Gasteiger partial charge in [0.1, 0.15) is 0 Å². The predicted molar refractivity (Wildman–Crippen MR) is 126 cm³/mol. The number of hydrogen-bond donors (Lipinski definition) is 2. The zero-order chi connectivity index (χ0) is 18.6. The minimum Gasteiger partial charge on any atom is -0.381 e. The van der Waals surface area contributed by atoms with Crippen molar-refractivity contribution in [3.05, 3.63) is 33.3 Å². The number of aliphatic imine (C=N–C) groups is 1. The van der Waals surface area contributed by atoms with Crippen LogP contribution in [0.1, 0.15) is 31.7 Å². The maximum atomic E-state index is 6.25. The lowest BCUT2D eigenvalue weighted by atomic mass is 10.0. The van der Waals surface area contributed by atoms with Gasteiger partial charge in [0.05, 0.1) is 6.54 Å². The van der Waals surface area contributed by atoms with Crippen molar-refractivity contribution in [2.24, 2.45) is 10.9 Å². The van der Waals surface area contributed by atoms with Crippen molar-refractivity contribution in [3.8, 4) is 0 Å². The van der Waals surface area contributed by atoms with Crippen molar-refractivity contribution in [3.63, 3.8) is 0 Å². The first-order chi connectivity index (χ1) is 12.7. The molecule has 2 rings (SSSR count). The largest absolute Gasteiger partial charge is 0.381 e. The van der Waals surface area contributed by atoms with E-state index in [1.54, 1.807) is 0 Å². The van der Waals surface area contributed by atoms with Crippen molar-refractivity contribution in [2.45, 2.75) is 32.7 Å². The van der Waals surface area contributed by atoms with Gasteiger partial charge in [-0.1, -0.05) is 33.6 Å². The van der Waals surface area contributed by atoms with Crippen LogP contribution in [0, 0.1) is 5.92 Å². The molecular formula is C19H30BrClIN3O2. The summed E-state index contributed by atoms with van der Waals surface area (Å²) in [6, 6.07) is 5.86. The molecule has 27 heavy (non-hydrogen) atoms. The Labute approximate surface area is 193 Å². The van der Waals surface area contributed by atoms with E-state index in [0.717, 1.165) is 79.8 Å². The first-order valence-electron chi connectivity index (χ1n) is 9.30. The van der Waals surface area contributed by atoms with Crippen LogP contribution in [0.15, 0.2) is 27.7 Å². The minimum atomic E-state index is 0. The molecule has 0 radical (unpaired) electrons. The first-order valence-corrected chi connectivity index (χ1v) is 10.5. The lowest BCUT2D eigenvalue weighted by Crippen LogP contribution is -2.38. The van der Waals surface area contributed by atoms with E-state index >= 15 is 0 Å². The Bertz CT molecular complexity index is 572. The molecule has 1 heterocycles. The summed E-state index contributed by atoms with van der Waals surface area (Å²) in [5.41, 5.74) is 1.01. The van der Waals surface area contributed by atoms with Crippen molar-refractivity contribution in [1.29, 1.82) is 0 Å². The highest BCUT2D eigenvalue weighted by atomic mass is 127. The maximum absolute atomic E-state index is 6.25. The summed E-state index contributed by atoms with van der Waals surface area (Å²) < 4.78 is 12.1. The number of rotatable bonds is 9. The van der Waals surface area contributed by atoms with E-state index < -0.39 is 0 Å². The van der Waals surface area contributed by atoms with E-state index in [9.17, 15) is 0 Å².